The SMILES string of the molecule is COc1ccc(Nc2nc3c(OCc4ccccc4)nc(N)nc3n2[C@H]2C[C@H](O[Si](C)(C)C(C)(C)C)[C@@H](CO[Si](C)(C)C(C)(C)C)O2)cc1. The summed E-state index contributed by atoms with van der Waals surface area (Å²) in [6.45, 7) is 23.3. The fraction of sp³-hybridized carbons (Fsp3) is 0.528. The first-order valence-electron chi connectivity index (χ1n) is 17.0. The van der Waals surface area contributed by atoms with Crippen LogP contribution in [0, 0.1) is 0 Å². The molecule has 2 aromatic carbocycles. The van der Waals surface area contributed by atoms with Crippen LogP contribution in [0.25, 0.3) is 11.2 Å². The number of benzene rings is 2. The van der Waals surface area contributed by atoms with Gasteiger partial charge in [0, 0.05) is 12.1 Å². The van der Waals surface area contributed by atoms with E-state index in [1.807, 2.05) is 59.2 Å². The Balaban J connectivity index is 1.56. The number of methoxy groups -OCH3 is 1. The van der Waals surface area contributed by atoms with Crippen molar-refractivity contribution < 1.29 is 23.1 Å². The van der Waals surface area contributed by atoms with Crippen LogP contribution >= 0.6 is 0 Å². The Labute approximate surface area is 293 Å². The Kier molecular flexibility index (Phi) is 10.5. The minimum atomic E-state index is -2.18. The third-order valence-corrected chi connectivity index (χ3v) is 19.2. The van der Waals surface area contributed by atoms with Crippen molar-refractivity contribution in [1.29, 1.82) is 0 Å². The van der Waals surface area contributed by atoms with E-state index < -0.39 is 22.9 Å². The summed E-state index contributed by atoms with van der Waals surface area (Å²) in [5, 5.41) is 3.56. The van der Waals surface area contributed by atoms with Crippen molar-refractivity contribution in [3.63, 3.8) is 0 Å². The van der Waals surface area contributed by atoms with Gasteiger partial charge < -0.3 is 34.1 Å². The van der Waals surface area contributed by atoms with E-state index in [2.05, 4.69) is 78.0 Å². The molecule has 1 fully saturated rings. The molecule has 0 spiro atoms. The zero-order valence-corrected chi connectivity index (χ0v) is 33.0. The summed E-state index contributed by atoms with van der Waals surface area (Å²) in [4.78, 5) is 14.2. The summed E-state index contributed by atoms with van der Waals surface area (Å²) < 4.78 is 34.3. The zero-order valence-electron chi connectivity index (χ0n) is 31.0. The maximum Gasteiger partial charge on any atom is 0.247 e. The molecule has 0 amide bonds. The van der Waals surface area contributed by atoms with Crippen LogP contribution in [-0.4, -0.2) is 62.1 Å². The Morgan fingerprint density at radius 2 is 1.55 bits per heavy atom. The normalized spacial score (nSPS) is 19.0. The number of hydrogen-bond acceptors (Lipinski definition) is 10. The molecule has 0 radical (unpaired) electrons. The van der Waals surface area contributed by atoms with E-state index in [1.54, 1.807) is 7.11 Å². The van der Waals surface area contributed by atoms with Gasteiger partial charge in [-0.3, -0.25) is 4.57 Å². The van der Waals surface area contributed by atoms with E-state index >= 15 is 0 Å². The van der Waals surface area contributed by atoms with E-state index in [0.29, 0.717) is 42.6 Å². The number of nitrogens with one attached hydrogen (secondary N) is 1. The van der Waals surface area contributed by atoms with E-state index in [9.17, 15) is 0 Å². The molecule has 49 heavy (non-hydrogen) atoms. The first-order chi connectivity index (χ1) is 22.9. The van der Waals surface area contributed by atoms with Gasteiger partial charge >= 0.3 is 0 Å². The number of nitrogens with zero attached hydrogens (tertiary/aromatic N) is 4. The average Bonchev–Trinajstić information content (AvgIpc) is 3.58. The number of fused-ring (bicyclic) bond motifs is 1. The lowest BCUT2D eigenvalue weighted by molar-refractivity contribution is -0.0376. The maximum atomic E-state index is 7.08. The van der Waals surface area contributed by atoms with E-state index in [0.717, 1.165) is 17.0 Å². The van der Waals surface area contributed by atoms with Crippen molar-refractivity contribution in [2.75, 3.05) is 24.8 Å². The lowest BCUT2D eigenvalue weighted by Gasteiger charge is -2.40. The Bertz CT molecular complexity index is 1720. The minimum absolute atomic E-state index is 0.0192. The van der Waals surface area contributed by atoms with Gasteiger partial charge in [-0.05, 0) is 66.1 Å². The predicted octanol–water partition coefficient (Wildman–Crippen LogP) is 8.44. The molecule has 0 saturated carbocycles. The molecule has 0 aliphatic carbocycles. The Hall–Kier alpha value is -3.50. The van der Waals surface area contributed by atoms with Gasteiger partial charge in [-0.25, -0.2) is 4.98 Å². The molecule has 1 aliphatic rings. The first-order valence-corrected chi connectivity index (χ1v) is 22.8. The van der Waals surface area contributed by atoms with Gasteiger partial charge in [0.25, 0.3) is 0 Å². The number of anilines is 3. The van der Waals surface area contributed by atoms with E-state index in [4.69, 9.17) is 38.8 Å². The van der Waals surface area contributed by atoms with Gasteiger partial charge in [-0.1, -0.05) is 71.9 Å². The van der Waals surface area contributed by atoms with Crippen molar-refractivity contribution in [2.45, 2.75) is 109 Å². The molecular weight excluding hydrogens is 653 g/mol. The Morgan fingerprint density at radius 1 is 0.898 bits per heavy atom. The van der Waals surface area contributed by atoms with Crippen LogP contribution in [-0.2, 0) is 20.2 Å². The highest BCUT2D eigenvalue weighted by atomic mass is 28.4. The van der Waals surface area contributed by atoms with Crippen LogP contribution in [0.5, 0.6) is 11.6 Å². The lowest BCUT2D eigenvalue weighted by atomic mass is 10.2. The number of nitrogens with two attached hydrogens (primary N) is 1. The van der Waals surface area contributed by atoms with Gasteiger partial charge in [0.1, 0.15) is 24.7 Å². The summed E-state index contributed by atoms with van der Waals surface area (Å²) >= 11 is 0. The number of imidazole rings is 1. The molecule has 0 unspecified atom stereocenters. The fourth-order valence-corrected chi connectivity index (χ4v) is 7.52. The Morgan fingerprint density at radius 3 is 2.16 bits per heavy atom. The largest absolute Gasteiger partial charge is 0.497 e. The summed E-state index contributed by atoms with van der Waals surface area (Å²) in [7, 11) is -2.60. The van der Waals surface area contributed by atoms with Gasteiger partial charge in [0.15, 0.2) is 27.8 Å². The molecule has 5 rings (SSSR count). The number of rotatable bonds is 12. The summed E-state index contributed by atoms with van der Waals surface area (Å²) in [6.07, 6.45) is -0.405. The summed E-state index contributed by atoms with van der Waals surface area (Å²) in [5.41, 5.74) is 9.12. The molecule has 4 aromatic rings. The zero-order chi connectivity index (χ0) is 35.8. The number of hydrogen-bond donors (Lipinski definition) is 2. The van der Waals surface area contributed by atoms with Crippen LogP contribution in [0.4, 0.5) is 17.6 Å². The quantitative estimate of drug-likeness (QED) is 0.139. The van der Waals surface area contributed by atoms with Crippen LogP contribution in [0.3, 0.4) is 0 Å². The van der Waals surface area contributed by atoms with Crippen LogP contribution < -0.4 is 20.5 Å². The summed E-state index contributed by atoms with van der Waals surface area (Å²) in [6, 6.07) is 17.6. The number of ether oxygens (including phenoxy) is 3. The van der Waals surface area contributed by atoms with Gasteiger partial charge in [0.05, 0.1) is 19.8 Å². The molecule has 0 bridgehead atoms. The standard InChI is InChI=1S/C36H54N6O5Si2/c1-35(2,3)48(8,9)45-23-28-27(47-49(10,11)36(4,5)6)21-29(46-28)42-31-30(39-34(42)38-25-17-19-26(43-7)20-18-25)32(41-33(37)40-31)44-22-24-15-13-12-14-16-24/h12-20,27-29H,21-23H2,1-11H3,(H,38,39)(H2,37,40,41)/t27-,28+,29+/m0/s1. The van der Waals surface area contributed by atoms with E-state index in [1.165, 1.54) is 0 Å². The molecule has 266 valence electrons. The average molecular weight is 707 g/mol. The van der Waals surface area contributed by atoms with Crippen LogP contribution in [0.2, 0.25) is 36.3 Å². The summed E-state index contributed by atoms with van der Waals surface area (Å²) in [5.74, 6) is 1.65. The van der Waals surface area contributed by atoms with Gasteiger partial charge in [-0.15, -0.1) is 0 Å². The molecule has 1 aliphatic heterocycles. The lowest BCUT2D eigenvalue weighted by Crippen LogP contribution is -2.48. The fourth-order valence-electron chi connectivity index (χ4n) is 5.15. The molecule has 2 aromatic heterocycles. The van der Waals surface area contributed by atoms with Crippen molar-refractivity contribution in [1.82, 2.24) is 19.5 Å². The van der Waals surface area contributed by atoms with Gasteiger partial charge in [-0.2, -0.15) is 9.97 Å². The number of aromatic nitrogens is 4. The minimum Gasteiger partial charge on any atom is -0.497 e. The second-order valence-corrected chi connectivity index (χ2v) is 25.4. The highest BCUT2D eigenvalue weighted by Gasteiger charge is 2.47. The van der Waals surface area contributed by atoms with E-state index in [-0.39, 0.29) is 28.2 Å². The maximum absolute atomic E-state index is 7.08. The molecular formula is C36H54N6O5Si2. The molecule has 1 saturated heterocycles. The van der Waals surface area contributed by atoms with Crippen molar-refractivity contribution in [3.8, 4) is 11.6 Å². The van der Waals surface area contributed by atoms with Crippen LogP contribution in [0.1, 0.15) is 59.8 Å². The molecule has 11 nitrogen and oxygen atoms in total. The third kappa shape index (κ3) is 8.29. The van der Waals surface area contributed by atoms with Crippen molar-refractivity contribution >= 4 is 45.4 Å². The molecule has 3 atom stereocenters. The van der Waals surface area contributed by atoms with Crippen LogP contribution in [0.15, 0.2) is 54.6 Å². The molecule has 13 heteroatoms. The first kappa shape index (κ1) is 36.8. The second-order valence-electron chi connectivity index (χ2n) is 15.8. The van der Waals surface area contributed by atoms with Crippen molar-refractivity contribution in [3.05, 3.63) is 60.2 Å². The monoisotopic (exact) mass is 706 g/mol. The van der Waals surface area contributed by atoms with Crippen molar-refractivity contribution in [2.24, 2.45) is 0 Å². The topological polar surface area (TPSA) is 128 Å². The second kappa shape index (κ2) is 14.0. The highest BCUT2D eigenvalue weighted by Crippen LogP contribution is 2.44. The highest BCUT2D eigenvalue weighted by molar-refractivity contribution is 6.74. The smallest absolute Gasteiger partial charge is 0.247 e. The number of nitrogen functional groups attached to an aromatic ring is 1. The third-order valence-electron chi connectivity index (χ3n) is 10.2. The van der Waals surface area contributed by atoms with Gasteiger partial charge in [0.2, 0.25) is 17.8 Å². The molecule has 3 N–H and O–H groups in total. The molecule has 3 heterocycles. The predicted molar refractivity (Wildman–Crippen MR) is 201 cm³/mol.